The molecule has 12 heavy (non-hydrogen) atoms. The molecule has 0 saturated heterocycles. The molecule has 1 aliphatic rings. The SMILES string of the molecule is N#CCC[C@]1(C#N)CCCC1=O. The maximum atomic E-state index is 11.3. The molecular formula is C9H10N2O. The van der Waals surface area contributed by atoms with Gasteiger partial charge in [0.1, 0.15) is 5.41 Å². The molecule has 0 unspecified atom stereocenters. The van der Waals surface area contributed by atoms with Gasteiger partial charge in [0.15, 0.2) is 5.78 Å². The Balaban J connectivity index is 2.71. The van der Waals surface area contributed by atoms with E-state index in [4.69, 9.17) is 10.5 Å². The van der Waals surface area contributed by atoms with Gasteiger partial charge >= 0.3 is 0 Å². The second-order valence-electron chi connectivity index (χ2n) is 3.13. The van der Waals surface area contributed by atoms with Crippen LogP contribution in [0.2, 0.25) is 0 Å². The lowest BCUT2D eigenvalue weighted by Gasteiger charge is -2.15. The number of hydrogen-bond donors (Lipinski definition) is 0. The van der Waals surface area contributed by atoms with Crippen molar-refractivity contribution in [1.29, 1.82) is 10.5 Å². The zero-order valence-corrected chi connectivity index (χ0v) is 6.84. The predicted molar refractivity (Wildman–Crippen MR) is 41.8 cm³/mol. The molecule has 0 amide bonds. The van der Waals surface area contributed by atoms with Gasteiger partial charge in [-0.15, -0.1) is 0 Å². The summed E-state index contributed by atoms with van der Waals surface area (Å²) in [5.41, 5.74) is -0.810. The van der Waals surface area contributed by atoms with Crippen molar-refractivity contribution in [3.63, 3.8) is 0 Å². The lowest BCUT2D eigenvalue weighted by molar-refractivity contribution is -0.123. The van der Waals surface area contributed by atoms with Crippen LogP contribution in [0.15, 0.2) is 0 Å². The summed E-state index contributed by atoms with van der Waals surface area (Å²) in [7, 11) is 0. The van der Waals surface area contributed by atoms with Crippen LogP contribution < -0.4 is 0 Å². The number of carbonyl (C=O) groups excluding carboxylic acids is 1. The molecule has 0 aromatic heterocycles. The Kier molecular flexibility index (Phi) is 2.45. The summed E-state index contributed by atoms with van der Waals surface area (Å²) in [5.74, 6) is 0.0280. The van der Waals surface area contributed by atoms with E-state index in [-0.39, 0.29) is 5.78 Å². The summed E-state index contributed by atoms with van der Waals surface area (Å²) in [5, 5.41) is 17.2. The third-order valence-electron chi connectivity index (χ3n) is 2.42. The molecule has 0 heterocycles. The highest BCUT2D eigenvalue weighted by Crippen LogP contribution is 2.38. The maximum Gasteiger partial charge on any atom is 0.153 e. The third-order valence-corrected chi connectivity index (χ3v) is 2.42. The zero-order valence-electron chi connectivity index (χ0n) is 6.84. The van der Waals surface area contributed by atoms with E-state index < -0.39 is 5.41 Å². The van der Waals surface area contributed by atoms with Gasteiger partial charge < -0.3 is 0 Å². The monoisotopic (exact) mass is 162 g/mol. The highest BCUT2D eigenvalue weighted by atomic mass is 16.1. The third kappa shape index (κ3) is 1.31. The summed E-state index contributed by atoms with van der Waals surface area (Å²) in [4.78, 5) is 11.3. The van der Waals surface area contributed by atoms with Gasteiger partial charge in [0.05, 0.1) is 12.1 Å². The van der Waals surface area contributed by atoms with Crippen LogP contribution in [0.5, 0.6) is 0 Å². The largest absolute Gasteiger partial charge is 0.298 e. The second-order valence-corrected chi connectivity index (χ2v) is 3.13. The van der Waals surface area contributed by atoms with Crippen molar-refractivity contribution in [3.8, 4) is 12.1 Å². The van der Waals surface area contributed by atoms with E-state index in [2.05, 4.69) is 6.07 Å². The van der Waals surface area contributed by atoms with Crippen LogP contribution in [0.25, 0.3) is 0 Å². The first-order chi connectivity index (χ1) is 5.75. The minimum Gasteiger partial charge on any atom is -0.298 e. The van der Waals surface area contributed by atoms with Crippen LogP contribution in [0.3, 0.4) is 0 Å². The predicted octanol–water partition coefficient (Wildman–Crippen LogP) is 1.55. The molecule has 62 valence electrons. The molecule has 3 heteroatoms. The van der Waals surface area contributed by atoms with Gasteiger partial charge in [-0.25, -0.2) is 0 Å². The van der Waals surface area contributed by atoms with Crippen LogP contribution in [0.4, 0.5) is 0 Å². The highest BCUT2D eigenvalue weighted by Gasteiger charge is 2.41. The van der Waals surface area contributed by atoms with E-state index in [9.17, 15) is 4.79 Å². The molecule has 0 aromatic carbocycles. The van der Waals surface area contributed by atoms with Crippen molar-refractivity contribution >= 4 is 5.78 Å². The van der Waals surface area contributed by atoms with E-state index in [0.717, 1.165) is 6.42 Å². The van der Waals surface area contributed by atoms with Crippen LogP contribution in [0.1, 0.15) is 32.1 Å². The van der Waals surface area contributed by atoms with Crippen molar-refractivity contribution < 1.29 is 4.79 Å². The standard InChI is InChI=1S/C9H10N2O/c10-6-2-5-9(7-11)4-1-3-8(9)12/h1-5H2/t9-/m0/s1. The van der Waals surface area contributed by atoms with E-state index in [1.807, 2.05) is 6.07 Å². The van der Waals surface area contributed by atoms with Crippen molar-refractivity contribution in [3.05, 3.63) is 0 Å². The van der Waals surface area contributed by atoms with Crippen LogP contribution in [-0.2, 0) is 4.79 Å². The Morgan fingerprint density at radius 2 is 2.25 bits per heavy atom. The van der Waals surface area contributed by atoms with Gasteiger partial charge in [0, 0.05) is 12.8 Å². The first-order valence-corrected chi connectivity index (χ1v) is 4.07. The van der Waals surface area contributed by atoms with Crippen molar-refractivity contribution in [2.24, 2.45) is 5.41 Å². The Labute approximate surface area is 71.6 Å². The molecule has 1 atom stereocenters. The smallest absolute Gasteiger partial charge is 0.153 e. The number of ketones is 1. The Bertz CT molecular complexity index is 271. The Morgan fingerprint density at radius 3 is 2.67 bits per heavy atom. The number of hydrogen-bond acceptors (Lipinski definition) is 3. The minimum atomic E-state index is -0.810. The number of carbonyl (C=O) groups is 1. The molecule has 1 rings (SSSR count). The van der Waals surface area contributed by atoms with Crippen molar-refractivity contribution in [2.45, 2.75) is 32.1 Å². The summed E-state index contributed by atoms with van der Waals surface area (Å²) in [6, 6.07) is 4.03. The van der Waals surface area contributed by atoms with E-state index in [0.29, 0.717) is 25.7 Å². The van der Waals surface area contributed by atoms with Gasteiger partial charge in [0.25, 0.3) is 0 Å². The van der Waals surface area contributed by atoms with Gasteiger partial charge in [-0.3, -0.25) is 4.79 Å². The molecule has 0 N–H and O–H groups in total. The first kappa shape index (κ1) is 8.74. The highest BCUT2D eigenvalue weighted by molar-refractivity contribution is 5.89. The molecule has 0 aliphatic heterocycles. The molecule has 1 fully saturated rings. The van der Waals surface area contributed by atoms with E-state index in [1.54, 1.807) is 0 Å². The molecule has 0 radical (unpaired) electrons. The fourth-order valence-electron chi connectivity index (χ4n) is 1.64. The van der Waals surface area contributed by atoms with Crippen molar-refractivity contribution in [1.82, 2.24) is 0 Å². The fourth-order valence-corrected chi connectivity index (χ4v) is 1.64. The average Bonchev–Trinajstić information content (AvgIpc) is 2.45. The summed E-state index contributed by atoms with van der Waals surface area (Å²) in [6.45, 7) is 0. The number of nitrogens with zero attached hydrogens (tertiary/aromatic N) is 2. The van der Waals surface area contributed by atoms with Crippen LogP contribution >= 0.6 is 0 Å². The maximum absolute atomic E-state index is 11.3. The van der Waals surface area contributed by atoms with Crippen LogP contribution in [0, 0.1) is 28.1 Å². The average molecular weight is 162 g/mol. The van der Waals surface area contributed by atoms with Gasteiger partial charge in [0.2, 0.25) is 0 Å². The Hall–Kier alpha value is -1.35. The molecule has 1 aliphatic carbocycles. The molecule has 0 bridgehead atoms. The molecule has 0 spiro atoms. The Morgan fingerprint density at radius 1 is 1.50 bits per heavy atom. The first-order valence-electron chi connectivity index (χ1n) is 4.07. The summed E-state index contributed by atoms with van der Waals surface area (Å²) >= 11 is 0. The number of nitriles is 2. The number of Topliss-reactive ketones (excluding diaryl/α,β-unsaturated/α-hetero) is 1. The summed E-state index contributed by atoms with van der Waals surface area (Å²) < 4.78 is 0. The summed E-state index contributed by atoms with van der Waals surface area (Å²) in [6.07, 6.45) is 2.68. The normalized spacial score (nSPS) is 28.0. The van der Waals surface area contributed by atoms with Crippen molar-refractivity contribution in [2.75, 3.05) is 0 Å². The fraction of sp³-hybridized carbons (Fsp3) is 0.667. The lowest BCUT2D eigenvalue weighted by Crippen LogP contribution is -2.23. The van der Waals surface area contributed by atoms with E-state index in [1.165, 1.54) is 0 Å². The van der Waals surface area contributed by atoms with E-state index >= 15 is 0 Å². The zero-order chi connectivity index (χ0) is 9.03. The van der Waals surface area contributed by atoms with Crippen LogP contribution in [-0.4, -0.2) is 5.78 Å². The lowest BCUT2D eigenvalue weighted by atomic mass is 9.82. The van der Waals surface area contributed by atoms with Gasteiger partial charge in [-0.1, -0.05) is 0 Å². The topological polar surface area (TPSA) is 64.7 Å². The number of rotatable bonds is 2. The molecule has 1 saturated carbocycles. The second kappa shape index (κ2) is 3.36. The van der Waals surface area contributed by atoms with Gasteiger partial charge in [-0.2, -0.15) is 10.5 Å². The quantitative estimate of drug-likeness (QED) is 0.618. The molecule has 0 aromatic rings. The van der Waals surface area contributed by atoms with Gasteiger partial charge in [-0.05, 0) is 19.3 Å². The minimum absolute atomic E-state index is 0.0280. The molecular weight excluding hydrogens is 152 g/mol. The molecule has 3 nitrogen and oxygen atoms in total.